The summed E-state index contributed by atoms with van der Waals surface area (Å²) in [5, 5.41) is 10.2. The van der Waals surface area contributed by atoms with Crippen LogP contribution >= 0.6 is 15.9 Å². The van der Waals surface area contributed by atoms with Crippen molar-refractivity contribution in [3.63, 3.8) is 0 Å². The molecule has 20 heavy (non-hydrogen) atoms. The maximum Gasteiger partial charge on any atom is 0.127 e. The molecule has 3 rings (SSSR count). The molecule has 0 saturated heterocycles. The zero-order chi connectivity index (χ0) is 14.3. The summed E-state index contributed by atoms with van der Waals surface area (Å²) in [4.78, 5) is 0. The molecule has 2 aromatic carbocycles. The van der Waals surface area contributed by atoms with E-state index in [1.807, 2.05) is 36.4 Å². The van der Waals surface area contributed by atoms with E-state index < -0.39 is 0 Å². The summed E-state index contributed by atoms with van der Waals surface area (Å²) >= 11 is 3.43. The van der Waals surface area contributed by atoms with Gasteiger partial charge in [0.15, 0.2) is 0 Å². The third-order valence-electron chi connectivity index (χ3n) is 3.73. The maximum atomic E-state index is 10.2. The Kier molecular flexibility index (Phi) is 3.25. The zero-order valence-electron chi connectivity index (χ0n) is 11.6. The molecule has 0 amide bonds. The number of aromatic hydroxyl groups is 1. The lowest BCUT2D eigenvalue weighted by atomic mass is 9.92. The number of benzene rings is 2. The highest BCUT2D eigenvalue weighted by Gasteiger charge is 2.28. The number of hydrogen-bond donors (Lipinski definition) is 1. The van der Waals surface area contributed by atoms with Crippen LogP contribution in [0.3, 0.4) is 0 Å². The number of rotatable bonds is 1. The quantitative estimate of drug-likeness (QED) is 0.802. The minimum absolute atomic E-state index is 0.169. The van der Waals surface area contributed by atoms with E-state index in [0.717, 1.165) is 39.8 Å². The van der Waals surface area contributed by atoms with Gasteiger partial charge in [-0.05, 0) is 62.1 Å². The van der Waals surface area contributed by atoms with Crippen LogP contribution in [0, 0.1) is 0 Å². The number of phenolic OH excluding ortho intramolecular Hbond substituents is 1. The predicted molar refractivity (Wildman–Crippen MR) is 84.3 cm³/mol. The average Bonchev–Trinajstić information content (AvgIpc) is 2.37. The molecular formula is C17H17BrO2. The van der Waals surface area contributed by atoms with Crippen molar-refractivity contribution in [1.29, 1.82) is 0 Å². The lowest BCUT2D eigenvalue weighted by Gasteiger charge is -2.33. The van der Waals surface area contributed by atoms with Crippen molar-refractivity contribution in [2.75, 3.05) is 0 Å². The molecule has 0 bridgehead atoms. The van der Waals surface area contributed by atoms with Gasteiger partial charge in [0.25, 0.3) is 0 Å². The van der Waals surface area contributed by atoms with Crippen LogP contribution in [0.15, 0.2) is 40.9 Å². The molecule has 0 unspecified atom stereocenters. The number of fused-ring (bicyclic) bond motifs is 1. The van der Waals surface area contributed by atoms with Crippen molar-refractivity contribution in [2.45, 2.75) is 32.3 Å². The van der Waals surface area contributed by atoms with E-state index in [4.69, 9.17) is 4.74 Å². The van der Waals surface area contributed by atoms with Gasteiger partial charge in [-0.25, -0.2) is 0 Å². The molecule has 0 fully saturated rings. The topological polar surface area (TPSA) is 29.5 Å². The van der Waals surface area contributed by atoms with Crippen LogP contribution in [0.5, 0.6) is 11.5 Å². The van der Waals surface area contributed by atoms with Crippen LogP contribution in [0.4, 0.5) is 0 Å². The smallest absolute Gasteiger partial charge is 0.127 e. The predicted octanol–water partition coefficient (Wildman–Crippen LogP) is 4.93. The Morgan fingerprint density at radius 3 is 2.50 bits per heavy atom. The normalized spacial score (nSPS) is 16.4. The second-order valence-electron chi connectivity index (χ2n) is 5.84. The van der Waals surface area contributed by atoms with Gasteiger partial charge in [0, 0.05) is 10.0 Å². The second kappa shape index (κ2) is 4.81. The zero-order valence-corrected chi connectivity index (χ0v) is 13.2. The van der Waals surface area contributed by atoms with Crippen LogP contribution in [0.25, 0.3) is 11.1 Å². The molecule has 1 heterocycles. The standard InChI is InChI=1S/C17H17BrO2/c1-17(2)8-7-14-15(19)9-12(10-16(14)20-17)11-3-5-13(18)6-4-11/h3-6,9-10,19H,7-8H2,1-2H3. The Labute approximate surface area is 127 Å². The molecule has 1 aliphatic heterocycles. The minimum Gasteiger partial charge on any atom is -0.508 e. The van der Waals surface area contributed by atoms with Crippen molar-refractivity contribution in [1.82, 2.24) is 0 Å². The fraction of sp³-hybridized carbons (Fsp3) is 0.294. The van der Waals surface area contributed by atoms with Crippen molar-refractivity contribution in [3.8, 4) is 22.6 Å². The summed E-state index contributed by atoms with van der Waals surface area (Å²) in [7, 11) is 0. The summed E-state index contributed by atoms with van der Waals surface area (Å²) in [5.74, 6) is 1.13. The molecule has 1 aliphatic rings. The maximum absolute atomic E-state index is 10.2. The van der Waals surface area contributed by atoms with E-state index in [1.54, 1.807) is 0 Å². The summed E-state index contributed by atoms with van der Waals surface area (Å²) in [6.07, 6.45) is 1.78. The number of halogens is 1. The molecule has 1 N–H and O–H groups in total. The summed E-state index contributed by atoms with van der Waals surface area (Å²) in [6, 6.07) is 11.9. The van der Waals surface area contributed by atoms with E-state index in [-0.39, 0.29) is 5.60 Å². The van der Waals surface area contributed by atoms with Crippen molar-refractivity contribution >= 4 is 15.9 Å². The van der Waals surface area contributed by atoms with Gasteiger partial charge >= 0.3 is 0 Å². The van der Waals surface area contributed by atoms with Gasteiger partial charge in [0.1, 0.15) is 17.1 Å². The van der Waals surface area contributed by atoms with Gasteiger partial charge in [-0.3, -0.25) is 0 Å². The molecule has 0 aromatic heterocycles. The van der Waals surface area contributed by atoms with Crippen molar-refractivity contribution in [2.24, 2.45) is 0 Å². The third kappa shape index (κ3) is 2.55. The van der Waals surface area contributed by atoms with Gasteiger partial charge in [-0.1, -0.05) is 28.1 Å². The molecular weight excluding hydrogens is 316 g/mol. The van der Waals surface area contributed by atoms with Crippen LogP contribution < -0.4 is 4.74 Å². The first-order valence-electron chi connectivity index (χ1n) is 6.75. The molecule has 0 aliphatic carbocycles. The molecule has 104 valence electrons. The Morgan fingerprint density at radius 1 is 1.10 bits per heavy atom. The SMILES string of the molecule is CC1(C)CCc2c(O)cc(-c3ccc(Br)cc3)cc2O1. The Bertz CT molecular complexity index is 645. The Hall–Kier alpha value is -1.48. The Balaban J connectivity index is 2.06. The first-order valence-corrected chi connectivity index (χ1v) is 7.55. The summed E-state index contributed by atoms with van der Waals surface area (Å²) in [6.45, 7) is 4.17. The van der Waals surface area contributed by atoms with Crippen LogP contribution in [-0.2, 0) is 6.42 Å². The number of phenols is 1. The minimum atomic E-state index is -0.169. The summed E-state index contributed by atoms with van der Waals surface area (Å²) in [5.41, 5.74) is 2.80. The average molecular weight is 333 g/mol. The molecule has 0 atom stereocenters. The van der Waals surface area contributed by atoms with E-state index >= 15 is 0 Å². The van der Waals surface area contributed by atoms with Crippen LogP contribution in [0.1, 0.15) is 25.8 Å². The summed E-state index contributed by atoms with van der Waals surface area (Å²) < 4.78 is 7.06. The fourth-order valence-electron chi connectivity index (χ4n) is 2.56. The fourth-order valence-corrected chi connectivity index (χ4v) is 2.82. The second-order valence-corrected chi connectivity index (χ2v) is 6.76. The lowest BCUT2D eigenvalue weighted by Crippen LogP contribution is -2.32. The highest BCUT2D eigenvalue weighted by Crippen LogP contribution is 2.41. The first kappa shape index (κ1) is 13.5. The highest BCUT2D eigenvalue weighted by molar-refractivity contribution is 9.10. The molecule has 2 nitrogen and oxygen atoms in total. The van der Waals surface area contributed by atoms with Gasteiger partial charge < -0.3 is 9.84 Å². The van der Waals surface area contributed by atoms with Crippen LogP contribution in [-0.4, -0.2) is 10.7 Å². The molecule has 0 radical (unpaired) electrons. The lowest BCUT2D eigenvalue weighted by molar-refractivity contribution is 0.0838. The number of hydrogen-bond acceptors (Lipinski definition) is 2. The van der Waals surface area contributed by atoms with E-state index in [9.17, 15) is 5.11 Å². The van der Waals surface area contributed by atoms with Gasteiger partial charge in [-0.15, -0.1) is 0 Å². The monoisotopic (exact) mass is 332 g/mol. The highest BCUT2D eigenvalue weighted by atomic mass is 79.9. The van der Waals surface area contributed by atoms with E-state index in [1.165, 1.54) is 0 Å². The van der Waals surface area contributed by atoms with Crippen molar-refractivity contribution in [3.05, 3.63) is 46.4 Å². The van der Waals surface area contributed by atoms with Crippen LogP contribution in [0.2, 0.25) is 0 Å². The van der Waals surface area contributed by atoms with E-state index in [0.29, 0.717) is 5.75 Å². The van der Waals surface area contributed by atoms with E-state index in [2.05, 4.69) is 29.8 Å². The number of ether oxygens (including phenoxy) is 1. The molecule has 0 saturated carbocycles. The molecule has 0 spiro atoms. The Morgan fingerprint density at radius 2 is 1.80 bits per heavy atom. The molecule has 2 aromatic rings. The van der Waals surface area contributed by atoms with Gasteiger partial charge in [0.2, 0.25) is 0 Å². The van der Waals surface area contributed by atoms with Crippen molar-refractivity contribution < 1.29 is 9.84 Å². The third-order valence-corrected chi connectivity index (χ3v) is 4.25. The van der Waals surface area contributed by atoms with Gasteiger partial charge in [-0.2, -0.15) is 0 Å². The largest absolute Gasteiger partial charge is 0.508 e. The van der Waals surface area contributed by atoms with Gasteiger partial charge in [0.05, 0.1) is 0 Å². The first-order chi connectivity index (χ1) is 9.44. The molecule has 3 heteroatoms.